The maximum atomic E-state index is 13.5. The van der Waals surface area contributed by atoms with Gasteiger partial charge in [-0.15, -0.1) is 0 Å². The van der Waals surface area contributed by atoms with E-state index in [0.717, 1.165) is 23.4 Å². The predicted molar refractivity (Wildman–Crippen MR) is 157 cm³/mol. The lowest BCUT2D eigenvalue weighted by Gasteiger charge is -2.15. The van der Waals surface area contributed by atoms with Gasteiger partial charge in [-0.3, -0.25) is 9.69 Å². The molecule has 6 nitrogen and oxygen atoms in total. The van der Waals surface area contributed by atoms with Crippen molar-refractivity contribution in [3.8, 4) is 11.5 Å². The minimum atomic E-state index is -0.130. The number of amidine groups is 1. The van der Waals surface area contributed by atoms with Crippen LogP contribution in [-0.2, 0) is 4.79 Å². The molecule has 38 heavy (non-hydrogen) atoms. The van der Waals surface area contributed by atoms with Crippen molar-refractivity contribution >= 4 is 40.4 Å². The van der Waals surface area contributed by atoms with Crippen molar-refractivity contribution in [2.24, 2.45) is 4.99 Å². The normalized spacial score (nSPS) is 15.4. The number of anilines is 1. The third kappa shape index (κ3) is 7.25. The molecule has 0 N–H and O–H groups in total. The van der Waals surface area contributed by atoms with Crippen LogP contribution in [0.15, 0.2) is 76.6 Å². The summed E-state index contributed by atoms with van der Waals surface area (Å²) in [5.74, 6) is 1.80. The molecular formula is C31H35N3O3S. The largest absolute Gasteiger partial charge is 0.493 e. The molecule has 1 saturated heterocycles. The molecule has 7 heteroatoms. The maximum absolute atomic E-state index is 13.5. The third-order valence-electron chi connectivity index (χ3n) is 6.15. The zero-order valence-corrected chi connectivity index (χ0v) is 23.2. The van der Waals surface area contributed by atoms with E-state index in [4.69, 9.17) is 14.5 Å². The Balaban J connectivity index is 1.53. The van der Waals surface area contributed by atoms with Crippen LogP contribution < -0.4 is 14.4 Å². The number of aliphatic imine (C=N–C) groups is 1. The highest BCUT2D eigenvalue weighted by atomic mass is 32.2. The second kappa shape index (κ2) is 13.8. The van der Waals surface area contributed by atoms with Crippen molar-refractivity contribution in [1.29, 1.82) is 0 Å². The lowest BCUT2D eigenvalue weighted by atomic mass is 10.1. The van der Waals surface area contributed by atoms with Crippen molar-refractivity contribution < 1.29 is 14.3 Å². The van der Waals surface area contributed by atoms with Gasteiger partial charge in [-0.2, -0.15) is 0 Å². The molecule has 1 aliphatic heterocycles. The van der Waals surface area contributed by atoms with E-state index in [-0.39, 0.29) is 5.91 Å². The first kappa shape index (κ1) is 27.5. The van der Waals surface area contributed by atoms with Crippen LogP contribution >= 0.6 is 11.8 Å². The highest BCUT2D eigenvalue weighted by Gasteiger charge is 2.34. The first-order valence-electron chi connectivity index (χ1n) is 13.2. The van der Waals surface area contributed by atoms with Gasteiger partial charge in [-0.05, 0) is 73.1 Å². The standard InChI is InChI=1S/C31H35N3O3S/c1-4-5-6-7-8-12-20-37-26-19-18-24(21-27(26)36-3)22-28-30(35)34(25-15-10-9-11-16-25)31(38-28)33-29-17-13-14-23(2)32-29/h9-11,13-19,21-22H,4-8,12,20H2,1-3H3/b28-22-,33-31+. The number of carbonyl (C=O) groups excluding carboxylic acids is 1. The number of amides is 1. The number of para-hydroxylation sites is 1. The van der Waals surface area contributed by atoms with E-state index in [2.05, 4.69) is 11.9 Å². The topological polar surface area (TPSA) is 64.0 Å². The molecule has 1 aliphatic rings. The highest BCUT2D eigenvalue weighted by Crippen LogP contribution is 2.38. The smallest absolute Gasteiger partial charge is 0.271 e. The van der Waals surface area contributed by atoms with Gasteiger partial charge in [0, 0.05) is 5.69 Å². The van der Waals surface area contributed by atoms with E-state index in [1.165, 1.54) is 43.9 Å². The summed E-state index contributed by atoms with van der Waals surface area (Å²) in [6.07, 6.45) is 9.15. The molecule has 1 aromatic heterocycles. The van der Waals surface area contributed by atoms with Crippen LogP contribution in [-0.4, -0.2) is 29.8 Å². The highest BCUT2D eigenvalue weighted by molar-refractivity contribution is 8.19. The number of hydrogen-bond donors (Lipinski definition) is 0. The summed E-state index contributed by atoms with van der Waals surface area (Å²) < 4.78 is 11.6. The Morgan fingerprint density at radius 2 is 1.74 bits per heavy atom. The van der Waals surface area contributed by atoms with Gasteiger partial charge < -0.3 is 9.47 Å². The average molecular weight is 530 g/mol. The number of nitrogens with zero attached hydrogens (tertiary/aromatic N) is 3. The minimum absolute atomic E-state index is 0.130. The number of thioether (sulfide) groups is 1. The number of aryl methyl sites for hydroxylation is 1. The third-order valence-corrected chi connectivity index (χ3v) is 7.11. The Morgan fingerprint density at radius 1 is 0.947 bits per heavy atom. The van der Waals surface area contributed by atoms with Crippen molar-refractivity contribution in [3.63, 3.8) is 0 Å². The summed E-state index contributed by atoms with van der Waals surface area (Å²) in [5, 5.41) is 0.566. The fraction of sp³-hybridized carbons (Fsp3) is 0.323. The van der Waals surface area contributed by atoms with Crippen LogP contribution in [0.4, 0.5) is 11.5 Å². The summed E-state index contributed by atoms with van der Waals surface area (Å²) in [4.78, 5) is 25.0. The fourth-order valence-electron chi connectivity index (χ4n) is 4.15. The summed E-state index contributed by atoms with van der Waals surface area (Å²) in [5.41, 5.74) is 2.48. The number of unbranched alkanes of at least 4 members (excludes halogenated alkanes) is 5. The molecular weight excluding hydrogens is 494 g/mol. The van der Waals surface area contributed by atoms with E-state index >= 15 is 0 Å². The average Bonchev–Trinajstić information content (AvgIpc) is 3.23. The predicted octanol–water partition coefficient (Wildman–Crippen LogP) is 7.95. The molecule has 198 valence electrons. The summed E-state index contributed by atoms with van der Waals surface area (Å²) in [6.45, 7) is 4.81. The molecule has 1 amide bonds. The van der Waals surface area contributed by atoms with Gasteiger partial charge in [-0.1, -0.05) is 69.4 Å². The number of ether oxygens (including phenoxy) is 2. The first-order chi connectivity index (χ1) is 18.6. The molecule has 2 aromatic carbocycles. The molecule has 0 bridgehead atoms. The molecule has 0 spiro atoms. The quantitative estimate of drug-likeness (QED) is 0.176. The number of benzene rings is 2. The molecule has 0 radical (unpaired) electrons. The lowest BCUT2D eigenvalue weighted by molar-refractivity contribution is -0.113. The number of pyridine rings is 1. The molecule has 4 rings (SSSR count). The summed E-state index contributed by atoms with van der Waals surface area (Å²) >= 11 is 1.34. The van der Waals surface area contributed by atoms with E-state index < -0.39 is 0 Å². The molecule has 0 atom stereocenters. The number of carbonyl (C=O) groups is 1. The van der Waals surface area contributed by atoms with E-state index in [9.17, 15) is 4.79 Å². The molecule has 3 aromatic rings. The summed E-state index contributed by atoms with van der Waals surface area (Å²) in [6, 6.07) is 21.0. The van der Waals surface area contributed by atoms with Crippen LogP contribution in [0.25, 0.3) is 6.08 Å². The van der Waals surface area contributed by atoms with Gasteiger partial charge in [0.05, 0.1) is 24.3 Å². The molecule has 0 aliphatic carbocycles. The maximum Gasteiger partial charge on any atom is 0.271 e. The van der Waals surface area contributed by atoms with E-state index in [1.807, 2.05) is 79.7 Å². The van der Waals surface area contributed by atoms with Crippen molar-refractivity contribution in [2.75, 3.05) is 18.6 Å². The molecule has 2 heterocycles. The second-order valence-electron chi connectivity index (χ2n) is 9.14. The Morgan fingerprint density at radius 3 is 2.50 bits per heavy atom. The number of hydrogen-bond acceptors (Lipinski definition) is 6. The van der Waals surface area contributed by atoms with E-state index in [1.54, 1.807) is 12.0 Å². The van der Waals surface area contributed by atoms with Gasteiger partial charge in [0.2, 0.25) is 0 Å². The Bertz CT molecular complexity index is 1290. The van der Waals surface area contributed by atoms with Crippen molar-refractivity contribution in [2.45, 2.75) is 52.4 Å². The Hall–Kier alpha value is -3.58. The zero-order valence-electron chi connectivity index (χ0n) is 22.4. The summed E-state index contributed by atoms with van der Waals surface area (Å²) in [7, 11) is 1.64. The van der Waals surface area contributed by atoms with Gasteiger partial charge >= 0.3 is 0 Å². The SMILES string of the molecule is CCCCCCCCOc1ccc(/C=C2\S/C(=N/c3cccc(C)n3)N(c3ccccc3)C2=O)cc1OC. The van der Waals surface area contributed by atoms with Gasteiger partial charge in [0.15, 0.2) is 22.5 Å². The zero-order chi connectivity index (χ0) is 26.7. The number of aromatic nitrogens is 1. The van der Waals surface area contributed by atoms with Gasteiger partial charge in [0.25, 0.3) is 5.91 Å². The van der Waals surface area contributed by atoms with Crippen LogP contribution in [0.5, 0.6) is 11.5 Å². The Labute approximate surface area is 229 Å². The number of methoxy groups -OCH3 is 1. The van der Waals surface area contributed by atoms with E-state index in [0.29, 0.717) is 34.0 Å². The van der Waals surface area contributed by atoms with Gasteiger partial charge in [0.1, 0.15) is 0 Å². The van der Waals surface area contributed by atoms with Crippen LogP contribution in [0.3, 0.4) is 0 Å². The van der Waals surface area contributed by atoms with Crippen molar-refractivity contribution in [3.05, 3.63) is 82.9 Å². The monoisotopic (exact) mass is 529 g/mol. The lowest BCUT2D eigenvalue weighted by Crippen LogP contribution is -2.28. The second-order valence-corrected chi connectivity index (χ2v) is 10.2. The molecule has 1 fully saturated rings. The number of rotatable bonds is 12. The van der Waals surface area contributed by atoms with Gasteiger partial charge in [-0.25, -0.2) is 9.98 Å². The van der Waals surface area contributed by atoms with Crippen molar-refractivity contribution in [1.82, 2.24) is 4.98 Å². The minimum Gasteiger partial charge on any atom is -0.493 e. The molecule has 0 saturated carbocycles. The fourth-order valence-corrected chi connectivity index (χ4v) is 5.14. The molecule has 0 unspecified atom stereocenters. The Kier molecular flexibility index (Phi) is 9.98. The van der Waals surface area contributed by atoms with Crippen LogP contribution in [0.1, 0.15) is 56.7 Å². The first-order valence-corrected chi connectivity index (χ1v) is 14.0. The van der Waals surface area contributed by atoms with Crippen LogP contribution in [0, 0.1) is 6.92 Å². The van der Waals surface area contributed by atoms with Crippen LogP contribution in [0.2, 0.25) is 0 Å².